The third kappa shape index (κ3) is 3.54. The SMILES string of the molecule is CCOC(=O)c1c(C)nsc1Nc1cc(OC)ccc1Br. The number of anilines is 2. The Morgan fingerprint density at radius 2 is 2.24 bits per heavy atom. The van der Waals surface area contributed by atoms with Gasteiger partial charge < -0.3 is 14.8 Å². The average Bonchev–Trinajstić information content (AvgIpc) is 2.82. The second kappa shape index (κ2) is 6.91. The van der Waals surface area contributed by atoms with Crippen molar-refractivity contribution in [2.75, 3.05) is 19.0 Å². The molecule has 0 aliphatic rings. The lowest BCUT2D eigenvalue weighted by molar-refractivity contribution is 0.0527. The van der Waals surface area contributed by atoms with Crippen LogP contribution in [0.4, 0.5) is 10.7 Å². The molecule has 0 aliphatic heterocycles. The Hall–Kier alpha value is -1.60. The molecule has 0 unspecified atom stereocenters. The van der Waals surface area contributed by atoms with Crippen molar-refractivity contribution in [2.24, 2.45) is 0 Å². The van der Waals surface area contributed by atoms with Gasteiger partial charge in [0.15, 0.2) is 0 Å². The molecule has 0 aliphatic carbocycles. The monoisotopic (exact) mass is 370 g/mol. The van der Waals surface area contributed by atoms with E-state index in [4.69, 9.17) is 9.47 Å². The number of esters is 1. The Kier molecular flexibility index (Phi) is 5.19. The molecule has 5 nitrogen and oxygen atoms in total. The highest BCUT2D eigenvalue weighted by Crippen LogP contribution is 2.34. The van der Waals surface area contributed by atoms with Gasteiger partial charge in [0.05, 0.1) is 25.1 Å². The number of hydrogen-bond donors (Lipinski definition) is 1. The fraction of sp³-hybridized carbons (Fsp3) is 0.286. The maximum absolute atomic E-state index is 12.0. The minimum atomic E-state index is -0.370. The second-order valence-corrected chi connectivity index (χ2v) is 5.79. The van der Waals surface area contributed by atoms with Gasteiger partial charge in [-0.05, 0) is 53.4 Å². The van der Waals surface area contributed by atoms with Crippen LogP contribution in [0.3, 0.4) is 0 Å². The fourth-order valence-corrected chi connectivity index (χ4v) is 2.89. The first-order valence-corrected chi connectivity index (χ1v) is 7.87. The number of nitrogens with one attached hydrogen (secondary N) is 1. The molecule has 0 saturated heterocycles. The Labute approximate surface area is 135 Å². The summed E-state index contributed by atoms with van der Waals surface area (Å²) in [7, 11) is 1.61. The van der Waals surface area contributed by atoms with Crippen LogP contribution in [0.5, 0.6) is 5.75 Å². The van der Waals surface area contributed by atoms with E-state index in [1.165, 1.54) is 11.5 Å². The van der Waals surface area contributed by atoms with E-state index in [0.29, 0.717) is 22.9 Å². The predicted molar refractivity (Wildman–Crippen MR) is 86.8 cm³/mol. The van der Waals surface area contributed by atoms with Crippen molar-refractivity contribution in [1.29, 1.82) is 0 Å². The highest BCUT2D eigenvalue weighted by molar-refractivity contribution is 9.10. The van der Waals surface area contributed by atoms with Crippen LogP contribution in [-0.2, 0) is 4.74 Å². The molecular formula is C14H15BrN2O3S. The Morgan fingerprint density at radius 3 is 2.90 bits per heavy atom. The van der Waals surface area contributed by atoms with Crippen LogP contribution in [0, 0.1) is 6.92 Å². The predicted octanol–water partition coefficient (Wildman–Crippen LogP) is 4.14. The largest absolute Gasteiger partial charge is 0.497 e. The lowest BCUT2D eigenvalue weighted by Crippen LogP contribution is -2.07. The van der Waals surface area contributed by atoms with Gasteiger partial charge >= 0.3 is 5.97 Å². The molecule has 0 spiro atoms. The van der Waals surface area contributed by atoms with Crippen molar-refractivity contribution < 1.29 is 14.3 Å². The van der Waals surface area contributed by atoms with Crippen LogP contribution in [0.25, 0.3) is 0 Å². The summed E-state index contributed by atoms with van der Waals surface area (Å²) in [6, 6.07) is 5.56. The summed E-state index contributed by atoms with van der Waals surface area (Å²) in [5.41, 5.74) is 1.92. The average molecular weight is 371 g/mol. The number of nitrogens with zero attached hydrogens (tertiary/aromatic N) is 1. The zero-order valence-electron chi connectivity index (χ0n) is 11.9. The van der Waals surface area contributed by atoms with Crippen molar-refractivity contribution in [3.8, 4) is 5.75 Å². The first kappa shape index (κ1) is 15.8. The van der Waals surface area contributed by atoms with Gasteiger partial charge in [0.1, 0.15) is 16.3 Å². The van der Waals surface area contributed by atoms with Crippen molar-refractivity contribution in [2.45, 2.75) is 13.8 Å². The highest BCUT2D eigenvalue weighted by atomic mass is 79.9. The zero-order valence-corrected chi connectivity index (χ0v) is 14.3. The first-order chi connectivity index (χ1) is 10.1. The molecule has 0 radical (unpaired) electrons. The van der Waals surface area contributed by atoms with Gasteiger partial charge in [0.2, 0.25) is 0 Å². The fourth-order valence-electron chi connectivity index (χ4n) is 1.75. The molecule has 21 heavy (non-hydrogen) atoms. The molecule has 0 amide bonds. The van der Waals surface area contributed by atoms with Crippen molar-refractivity contribution in [1.82, 2.24) is 4.37 Å². The number of carbonyl (C=O) groups is 1. The molecule has 7 heteroatoms. The number of halogens is 1. The standard InChI is InChI=1S/C14H15BrN2O3S/c1-4-20-14(18)12-8(2)17-21-13(12)16-11-7-9(19-3)5-6-10(11)15/h5-7,16H,4H2,1-3H3. The van der Waals surface area contributed by atoms with Crippen LogP contribution in [-0.4, -0.2) is 24.1 Å². The zero-order chi connectivity index (χ0) is 15.4. The Morgan fingerprint density at radius 1 is 1.48 bits per heavy atom. The third-order valence-electron chi connectivity index (χ3n) is 2.76. The van der Waals surface area contributed by atoms with Crippen LogP contribution in [0.15, 0.2) is 22.7 Å². The number of carbonyl (C=O) groups excluding carboxylic acids is 1. The second-order valence-electron chi connectivity index (χ2n) is 4.16. The van der Waals surface area contributed by atoms with Gasteiger partial charge in [-0.25, -0.2) is 4.79 Å². The number of aryl methyl sites for hydroxylation is 1. The molecule has 1 aromatic carbocycles. The number of aromatic nitrogens is 1. The van der Waals surface area contributed by atoms with Crippen molar-refractivity contribution in [3.63, 3.8) is 0 Å². The lowest BCUT2D eigenvalue weighted by Gasteiger charge is -2.10. The number of benzene rings is 1. The van der Waals surface area contributed by atoms with Gasteiger partial charge in [-0.15, -0.1) is 0 Å². The molecular weight excluding hydrogens is 356 g/mol. The van der Waals surface area contributed by atoms with Crippen LogP contribution < -0.4 is 10.1 Å². The summed E-state index contributed by atoms with van der Waals surface area (Å²) in [6.45, 7) is 3.89. The minimum absolute atomic E-state index is 0.330. The third-order valence-corrected chi connectivity index (χ3v) is 4.31. The maximum atomic E-state index is 12.0. The molecule has 1 N–H and O–H groups in total. The van der Waals surface area contributed by atoms with Gasteiger partial charge in [-0.3, -0.25) is 0 Å². The summed E-state index contributed by atoms with van der Waals surface area (Å²) in [4.78, 5) is 12.0. The van der Waals surface area contributed by atoms with Crippen LogP contribution in [0.2, 0.25) is 0 Å². The summed E-state index contributed by atoms with van der Waals surface area (Å²) in [5, 5.41) is 3.86. The topological polar surface area (TPSA) is 60.5 Å². The summed E-state index contributed by atoms with van der Waals surface area (Å²) in [5.74, 6) is 0.352. The molecule has 112 valence electrons. The smallest absolute Gasteiger partial charge is 0.343 e. The highest BCUT2D eigenvalue weighted by Gasteiger charge is 2.20. The molecule has 2 rings (SSSR count). The summed E-state index contributed by atoms with van der Waals surface area (Å²) in [6.07, 6.45) is 0. The Bertz CT molecular complexity index is 658. The molecule has 0 saturated carbocycles. The van der Waals surface area contributed by atoms with E-state index in [1.807, 2.05) is 18.2 Å². The summed E-state index contributed by atoms with van der Waals surface area (Å²) >= 11 is 4.69. The van der Waals surface area contributed by atoms with E-state index in [9.17, 15) is 4.79 Å². The van der Waals surface area contributed by atoms with E-state index in [1.54, 1.807) is 21.0 Å². The van der Waals surface area contributed by atoms with Gasteiger partial charge in [-0.1, -0.05) is 0 Å². The molecule has 0 bridgehead atoms. The van der Waals surface area contributed by atoms with Crippen molar-refractivity contribution >= 4 is 44.1 Å². The maximum Gasteiger partial charge on any atom is 0.343 e. The minimum Gasteiger partial charge on any atom is -0.497 e. The van der Waals surface area contributed by atoms with E-state index in [2.05, 4.69) is 25.6 Å². The van der Waals surface area contributed by atoms with Gasteiger partial charge in [0, 0.05) is 10.5 Å². The van der Waals surface area contributed by atoms with Crippen LogP contribution >= 0.6 is 27.5 Å². The number of rotatable bonds is 5. The van der Waals surface area contributed by atoms with E-state index in [-0.39, 0.29) is 5.97 Å². The Balaban J connectivity index is 2.34. The van der Waals surface area contributed by atoms with Crippen LogP contribution in [0.1, 0.15) is 23.0 Å². The molecule has 0 atom stereocenters. The van der Waals surface area contributed by atoms with Crippen molar-refractivity contribution in [3.05, 3.63) is 33.9 Å². The molecule has 2 aromatic rings. The molecule has 1 aromatic heterocycles. The van der Waals surface area contributed by atoms with E-state index < -0.39 is 0 Å². The normalized spacial score (nSPS) is 10.3. The van der Waals surface area contributed by atoms with Gasteiger partial charge in [0.25, 0.3) is 0 Å². The van der Waals surface area contributed by atoms with Gasteiger partial charge in [-0.2, -0.15) is 4.37 Å². The molecule has 0 fully saturated rings. The first-order valence-electron chi connectivity index (χ1n) is 6.30. The number of hydrogen-bond acceptors (Lipinski definition) is 6. The number of methoxy groups -OCH3 is 1. The van der Waals surface area contributed by atoms with E-state index >= 15 is 0 Å². The van der Waals surface area contributed by atoms with E-state index in [0.717, 1.165) is 15.9 Å². The quantitative estimate of drug-likeness (QED) is 0.801. The summed E-state index contributed by atoms with van der Waals surface area (Å²) < 4.78 is 15.4. The molecule has 1 heterocycles. The number of ether oxygens (including phenoxy) is 2. The lowest BCUT2D eigenvalue weighted by atomic mass is 10.2.